The van der Waals surface area contributed by atoms with Crippen molar-refractivity contribution in [3.05, 3.63) is 24.2 Å². The Kier molecular flexibility index (Phi) is 6.26. The summed E-state index contributed by atoms with van der Waals surface area (Å²) in [6, 6.07) is 3.74. The Labute approximate surface area is 138 Å². The molecule has 2 aromatic rings. The van der Waals surface area contributed by atoms with E-state index in [1.54, 1.807) is 6.26 Å². The summed E-state index contributed by atoms with van der Waals surface area (Å²) in [5.74, 6) is 0.977. The van der Waals surface area contributed by atoms with E-state index < -0.39 is 0 Å². The number of nitrogens with zero attached hydrogens (tertiary/aromatic N) is 3. The third kappa shape index (κ3) is 4.48. The van der Waals surface area contributed by atoms with Crippen molar-refractivity contribution in [3.63, 3.8) is 0 Å². The second-order valence-corrected chi connectivity index (χ2v) is 7.14. The highest BCUT2D eigenvalue weighted by molar-refractivity contribution is 8.02. The summed E-state index contributed by atoms with van der Waals surface area (Å²) >= 11 is 2.89. The van der Waals surface area contributed by atoms with E-state index in [-0.39, 0.29) is 11.2 Å². The van der Waals surface area contributed by atoms with Crippen molar-refractivity contribution in [3.8, 4) is 0 Å². The maximum Gasteiger partial charge on any atom is 0.235 e. The molecule has 0 fully saturated rings. The zero-order valence-corrected chi connectivity index (χ0v) is 14.5. The van der Waals surface area contributed by atoms with Gasteiger partial charge in [-0.3, -0.25) is 4.79 Å². The van der Waals surface area contributed by atoms with Crippen LogP contribution in [-0.2, 0) is 11.3 Å². The van der Waals surface area contributed by atoms with Gasteiger partial charge in [0.2, 0.25) is 11.0 Å². The van der Waals surface area contributed by atoms with Gasteiger partial charge < -0.3 is 14.6 Å². The minimum Gasteiger partial charge on any atom is -0.467 e. The van der Waals surface area contributed by atoms with Gasteiger partial charge in [-0.25, -0.2) is 0 Å². The molecule has 120 valence electrons. The van der Waals surface area contributed by atoms with Crippen LogP contribution in [0.3, 0.4) is 0 Å². The zero-order chi connectivity index (χ0) is 15.9. The first-order chi connectivity index (χ1) is 10.6. The van der Waals surface area contributed by atoms with Gasteiger partial charge in [-0.15, -0.1) is 10.2 Å². The third-order valence-electron chi connectivity index (χ3n) is 3.10. The first-order valence-corrected chi connectivity index (χ1v) is 8.88. The van der Waals surface area contributed by atoms with Gasteiger partial charge in [0.05, 0.1) is 18.1 Å². The van der Waals surface area contributed by atoms with Gasteiger partial charge in [-0.1, -0.05) is 23.1 Å². The molecule has 2 rings (SSSR count). The first kappa shape index (κ1) is 16.8. The summed E-state index contributed by atoms with van der Waals surface area (Å²) in [6.07, 6.45) is 1.64. The van der Waals surface area contributed by atoms with Crippen LogP contribution in [-0.4, -0.2) is 39.3 Å². The lowest BCUT2D eigenvalue weighted by Crippen LogP contribution is -2.36. The second kappa shape index (κ2) is 8.19. The van der Waals surface area contributed by atoms with E-state index in [9.17, 15) is 4.79 Å². The van der Waals surface area contributed by atoms with Crippen LogP contribution in [0.5, 0.6) is 0 Å². The molecule has 0 bridgehead atoms. The highest BCUT2D eigenvalue weighted by Crippen LogP contribution is 2.29. The monoisotopic (exact) mass is 340 g/mol. The molecule has 0 radical (unpaired) electrons. The van der Waals surface area contributed by atoms with Gasteiger partial charge in [0.1, 0.15) is 5.76 Å². The van der Waals surface area contributed by atoms with Gasteiger partial charge in [-0.2, -0.15) is 0 Å². The first-order valence-electron chi connectivity index (χ1n) is 7.19. The van der Waals surface area contributed by atoms with Crippen molar-refractivity contribution in [2.24, 2.45) is 0 Å². The van der Waals surface area contributed by atoms with Crippen molar-refractivity contribution >= 4 is 34.1 Å². The van der Waals surface area contributed by atoms with Gasteiger partial charge in [0.25, 0.3) is 0 Å². The van der Waals surface area contributed by atoms with Crippen molar-refractivity contribution in [1.29, 1.82) is 0 Å². The Bertz CT molecular complexity index is 581. The Hall–Kier alpha value is -1.54. The van der Waals surface area contributed by atoms with E-state index >= 15 is 0 Å². The number of hydrogen-bond donors (Lipinski definition) is 1. The number of anilines is 1. The fourth-order valence-electron chi connectivity index (χ4n) is 1.90. The average Bonchev–Trinajstić information content (AvgIpc) is 3.17. The molecule has 0 aliphatic rings. The molecule has 1 amide bonds. The molecule has 1 unspecified atom stereocenters. The van der Waals surface area contributed by atoms with E-state index in [2.05, 4.69) is 15.5 Å². The molecule has 1 N–H and O–H groups in total. The third-order valence-corrected chi connectivity index (χ3v) is 5.15. The van der Waals surface area contributed by atoms with E-state index in [1.165, 1.54) is 23.1 Å². The Morgan fingerprint density at radius 3 is 2.86 bits per heavy atom. The maximum atomic E-state index is 12.2. The van der Waals surface area contributed by atoms with Crippen molar-refractivity contribution in [1.82, 2.24) is 15.1 Å². The summed E-state index contributed by atoms with van der Waals surface area (Å²) < 4.78 is 6.03. The van der Waals surface area contributed by atoms with Gasteiger partial charge >= 0.3 is 0 Å². The molecule has 2 heterocycles. The Morgan fingerprint density at radius 2 is 2.23 bits per heavy atom. The largest absolute Gasteiger partial charge is 0.467 e. The van der Waals surface area contributed by atoms with Gasteiger partial charge in [0, 0.05) is 13.1 Å². The normalized spacial score (nSPS) is 12.1. The molecular weight excluding hydrogens is 320 g/mol. The molecule has 0 aromatic carbocycles. The van der Waals surface area contributed by atoms with Crippen LogP contribution in [0.15, 0.2) is 27.2 Å². The SMILES string of the molecule is CCN(CC)C(=O)C(C)Sc1nnc(NCc2ccco2)s1. The molecule has 0 saturated heterocycles. The van der Waals surface area contributed by atoms with E-state index in [0.29, 0.717) is 6.54 Å². The highest BCUT2D eigenvalue weighted by atomic mass is 32.2. The lowest BCUT2D eigenvalue weighted by Gasteiger charge is -2.21. The molecule has 6 nitrogen and oxygen atoms in total. The Balaban J connectivity index is 1.87. The van der Waals surface area contributed by atoms with Gasteiger partial charge in [-0.05, 0) is 32.9 Å². The number of aromatic nitrogens is 2. The molecule has 1 atom stereocenters. The summed E-state index contributed by atoms with van der Waals surface area (Å²) in [6.45, 7) is 7.91. The van der Waals surface area contributed by atoms with Crippen LogP contribution < -0.4 is 5.32 Å². The molecule has 8 heteroatoms. The smallest absolute Gasteiger partial charge is 0.235 e. The number of thioether (sulfide) groups is 1. The average molecular weight is 340 g/mol. The van der Waals surface area contributed by atoms with Crippen LogP contribution in [0, 0.1) is 0 Å². The fourth-order valence-corrected chi connectivity index (χ4v) is 3.87. The number of nitrogens with one attached hydrogen (secondary N) is 1. The summed E-state index contributed by atoms with van der Waals surface area (Å²) in [4.78, 5) is 14.1. The molecule has 0 spiro atoms. The molecule has 22 heavy (non-hydrogen) atoms. The minimum atomic E-state index is -0.161. The van der Waals surface area contributed by atoms with Crippen LogP contribution in [0.1, 0.15) is 26.5 Å². The molecule has 0 saturated carbocycles. The molecular formula is C14H20N4O2S2. The topological polar surface area (TPSA) is 71.3 Å². The second-order valence-electron chi connectivity index (χ2n) is 4.58. The minimum absolute atomic E-state index is 0.135. The lowest BCUT2D eigenvalue weighted by atomic mass is 10.4. The Morgan fingerprint density at radius 1 is 1.45 bits per heavy atom. The maximum absolute atomic E-state index is 12.2. The summed E-state index contributed by atoms with van der Waals surface area (Å²) in [5, 5.41) is 11.9. The molecule has 2 aromatic heterocycles. The molecule has 0 aliphatic heterocycles. The number of amides is 1. The number of rotatable bonds is 8. The van der Waals surface area contributed by atoms with E-state index in [0.717, 1.165) is 28.3 Å². The lowest BCUT2D eigenvalue weighted by molar-refractivity contribution is -0.129. The summed E-state index contributed by atoms with van der Waals surface area (Å²) in [7, 11) is 0. The predicted octanol–water partition coefficient (Wildman–Crippen LogP) is 3.09. The van der Waals surface area contributed by atoms with Crippen LogP contribution >= 0.6 is 23.1 Å². The predicted molar refractivity (Wildman–Crippen MR) is 89.2 cm³/mol. The number of furan rings is 1. The number of hydrogen-bond acceptors (Lipinski definition) is 7. The van der Waals surface area contributed by atoms with E-state index in [4.69, 9.17) is 4.42 Å². The number of carbonyl (C=O) groups is 1. The van der Waals surface area contributed by atoms with Crippen molar-refractivity contribution in [2.75, 3.05) is 18.4 Å². The quantitative estimate of drug-likeness (QED) is 0.745. The van der Waals surface area contributed by atoms with Gasteiger partial charge in [0.15, 0.2) is 4.34 Å². The fraction of sp³-hybridized carbons (Fsp3) is 0.500. The summed E-state index contributed by atoms with van der Waals surface area (Å²) in [5.41, 5.74) is 0. The van der Waals surface area contributed by atoms with Crippen LogP contribution in [0.25, 0.3) is 0 Å². The standard InChI is InChI=1S/C14H20N4O2S2/c1-4-18(5-2)12(19)10(3)21-14-17-16-13(22-14)15-9-11-7-6-8-20-11/h6-8,10H,4-5,9H2,1-3H3,(H,15,16). The van der Waals surface area contributed by atoms with Crippen LogP contribution in [0.4, 0.5) is 5.13 Å². The highest BCUT2D eigenvalue weighted by Gasteiger charge is 2.21. The van der Waals surface area contributed by atoms with Crippen LogP contribution in [0.2, 0.25) is 0 Å². The van der Waals surface area contributed by atoms with E-state index in [1.807, 2.05) is 37.8 Å². The number of carbonyl (C=O) groups excluding carboxylic acids is 1. The van der Waals surface area contributed by atoms with Crippen molar-refractivity contribution < 1.29 is 9.21 Å². The van der Waals surface area contributed by atoms with Crippen molar-refractivity contribution in [2.45, 2.75) is 36.9 Å². The zero-order valence-electron chi connectivity index (χ0n) is 12.9. The molecule has 0 aliphatic carbocycles.